The Morgan fingerprint density at radius 2 is 1.68 bits per heavy atom. The SMILES string of the molecule is CC(=O)N(CCC(=O)Nc1ccc(N2CCCC2)cc1)c1ccc(C)c(C)c1. The normalized spacial score (nSPS) is 13.5. The number of nitrogens with zero attached hydrogens (tertiary/aromatic N) is 2. The highest BCUT2D eigenvalue weighted by Crippen LogP contribution is 2.22. The van der Waals surface area contributed by atoms with Crippen LogP contribution >= 0.6 is 0 Å². The first-order valence-electron chi connectivity index (χ1n) is 9.94. The molecule has 1 saturated heterocycles. The lowest BCUT2D eigenvalue weighted by Gasteiger charge is -2.22. The Bertz CT molecular complexity index is 839. The Labute approximate surface area is 167 Å². The summed E-state index contributed by atoms with van der Waals surface area (Å²) in [5, 5.41) is 2.93. The van der Waals surface area contributed by atoms with E-state index in [2.05, 4.69) is 22.3 Å². The monoisotopic (exact) mass is 379 g/mol. The second-order valence-corrected chi connectivity index (χ2v) is 7.48. The van der Waals surface area contributed by atoms with Crippen molar-refractivity contribution in [1.82, 2.24) is 0 Å². The molecule has 1 aliphatic heterocycles. The summed E-state index contributed by atoms with van der Waals surface area (Å²) in [5.74, 6) is -0.157. The first-order chi connectivity index (χ1) is 13.4. The van der Waals surface area contributed by atoms with Crippen LogP contribution in [-0.2, 0) is 9.59 Å². The smallest absolute Gasteiger partial charge is 0.226 e. The van der Waals surface area contributed by atoms with E-state index in [9.17, 15) is 9.59 Å². The quantitative estimate of drug-likeness (QED) is 0.815. The first kappa shape index (κ1) is 19.9. The molecular formula is C23H29N3O2. The van der Waals surface area contributed by atoms with Gasteiger partial charge in [0.15, 0.2) is 0 Å². The van der Waals surface area contributed by atoms with Crippen LogP contribution in [0.1, 0.15) is 37.3 Å². The molecule has 5 nitrogen and oxygen atoms in total. The fourth-order valence-corrected chi connectivity index (χ4v) is 3.53. The van der Waals surface area contributed by atoms with Crippen LogP contribution in [0.15, 0.2) is 42.5 Å². The molecule has 0 radical (unpaired) electrons. The number of aryl methyl sites for hydroxylation is 2. The lowest BCUT2D eigenvalue weighted by Crippen LogP contribution is -2.32. The summed E-state index contributed by atoms with van der Waals surface area (Å²) in [7, 11) is 0. The van der Waals surface area contributed by atoms with Crippen molar-refractivity contribution in [3.63, 3.8) is 0 Å². The Kier molecular flexibility index (Phi) is 6.34. The maximum Gasteiger partial charge on any atom is 0.226 e. The largest absolute Gasteiger partial charge is 0.372 e. The Morgan fingerprint density at radius 1 is 1.00 bits per heavy atom. The second-order valence-electron chi connectivity index (χ2n) is 7.48. The van der Waals surface area contributed by atoms with Gasteiger partial charge in [0, 0.05) is 50.0 Å². The zero-order valence-electron chi connectivity index (χ0n) is 17.0. The summed E-state index contributed by atoms with van der Waals surface area (Å²) < 4.78 is 0. The van der Waals surface area contributed by atoms with E-state index < -0.39 is 0 Å². The fraction of sp³-hybridized carbons (Fsp3) is 0.391. The van der Waals surface area contributed by atoms with Gasteiger partial charge in [0.05, 0.1) is 0 Å². The minimum absolute atomic E-state index is 0.0639. The Hall–Kier alpha value is -2.82. The highest BCUT2D eigenvalue weighted by Gasteiger charge is 2.15. The molecule has 0 atom stereocenters. The Balaban J connectivity index is 1.57. The lowest BCUT2D eigenvalue weighted by atomic mass is 10.1. The summed E-state index contributed by atoms with van der Waals surface area (Å²) in [4.78, 5) is 28.5. The van der Waals surface area contributed by atoms with Gasteiger partial charge in [-0.05, 0) is 74.2 Å². The molecule has 1 aliphatic rings. The highest BCUT2D eigenvalue weighted by atomic mass is 16.2. The van der Waals surface area contributed by atoms with Crippen molar-refractivity contribution in [2.24, 2.45) is 0 Å². The number of amides is 2. The number of hydrogen-bond acceptors (Lipinski definition) is 3. The third kappa shape index (κ3) is 4.91. The molecule has 0 saturated carbocycles. The van der Waals surface area contributed by atoms with Crippen molar-refractivity contribution in [1.29, 1.82) is 0 Å². The number of benzene rings is 2. The van der Waals surface area contributed by atoms with E-state index in [4.69, 9.17) is 0 Å². The average Bonchev–Trinajstić information content (AvgIpc) is 3.20. The number of carbonyl (C=O) groups excluding carboxylic acids is 2. The zero-order valence-corrected chi connectivity index (χ0v) is 17.0. The molecule has 148 valence electrons. The molecule has 0 aromatic heterocycles. The first-order valence-corrected chi connectivity index (χ1v) is 9.94. The van der Waals surface area contributed by atoms with Gasteiger partial charge in [-0.3, -0.25) is 9.59 Å². The van der Waals surface area contributed by atoms with Crippen LogP contribution in [0.2, 0.25) is 0 Å². The molecule has 1 heterocycles. The predicted molar refractivity (Wildman–Crippen MR) is 115 cm³/mol. The lowest BCUT2D eigenvalue weighted by molar-refractivity contribution is -0.117. The van der Waals surface area contributed by atoms with E-state index in [1.165, 1.54) is 31.0 Å². The zero-order chi connectivity index (χ0) is 20.1. The van der Waals surface area contributed by atoms with Gasteiger partial charge in [0.2, 0.25) is 11.8 Å². The number of anilines is 3. The molecule has 5 heteroatoms. The van der Waals surface area contributed by atoms with Gasteiger partial charge in [0.1, 0.15) is 0 Å². The van der Waals surface area contributed by atoms with Gasteiger partial charge in [-0.2, -0.15) is 0 Å². The van der Waals surface area contributed by atoms with Crippen LogP contribution in [0.5, 0.6) is 0 Å². The van der Waals surface area contributed by atoms with E-state index >= 15 is 0 Å². The number of carbonyl (C=O) groups is 2. The van der Waals surface area contributed by atoms with E-state index in [1.54, 1.807) is 4.90 Å². The molecule has 0 aliphatic carbocycles. The predicted octanol–water partition coefficient (Wildman–Crippen LogP) is 4.29. The summed E-state index contributed by atoms with van der Waals surface area (Å²) in [5.41, 5.74) is 5.13. The minimum Gasteiger partial charge on any atom is -0.372 e. The van der Waals surface area contributed by atoms with Gasteiger partial charge >= 0.3 is 0 Å². The highest BCUT2D eigenvalue weighted by molar-refractivity contribution is 5.95. The number of nitrogens with one attached hydrogen (secondary N) is 1. The van der Waals surface area contributed by atoms with Gasteiger partial charge < -0.3 is 15.1 Å². The molecule has 28 heavy (non-hydrogen) atoms. The van der Waals surface area contributed by atoms with Crippen molar-refractivity contribution in [3.05, 3.63) is 53.6 Å². The van der Waals surface area contributed by atoms with E-state index in [0.29, 0.717) is 6.54 Å². The molecule has 2 aromatic rings. The topological polar surface area (TPSA) is 52.7 Å². The summed E-state index contributed by atoms with van der Waals surface area (Å²) in [6, 6.07) is 13.9. The third-order valence-corrected chi connectivity index (χ3v) is 5.37. The van der Waals surface area contributed by atoms with E-state index in [-0.39, 0.29) is 18.2 Å². The summed E-state index contributed by atoms with van der Waals surface area (Å²) in [6.45, 7) is 8.16. The van der Waals surface area contributed by atoms with Crippen LogP contribution < -0.4 is 15.1 Å². The van der Waals surface area contributed by atoms with Crippen molar-refractivity contribution in [3.8, 4) is 0 Å². The molecular weight excluding hydrogens is 350 g/mol. The molecule has 0 unspecified atom stereocenters. The van der Waals surface area contributed by atoms with Crippen LogP contribution in [0, 0.1) is 13.8 Å². The molecule has 3 rings (SSSR count). The fourth-order valence-electron chi connectivity index (χ4n) is 3.53. The maximum atomic E-state index is 12.4. The number of rotatable bonds is 6. The molecule has 2 amide bonds. The Morgan fingerprint density at radius 3 is 2.29 bits per heavy atom. The minimum atomic E-state index is -0.0935. The number of hydrogen-bond donors (Lipinski definition) is 1. The van der Waals surface area contributed by atoms with Crippen molar-refractivity contribution in [2.75, 3.05) is 34.8 Å². The van der Waals surface area contributed by atoms with Gasteiger partial charge in [-0.25, -0.2) is 0 Å². The van der Waals surface area contributed by atoms with Crippen molar-refractivity contribution in [2.45, 2.75) is 40.0 Å². The van der Waals surface area contributed by atoms with Gasteiger partial charge in [-0.15, -0.1) is 0 Å². The van der Waals surface area contributed by atoms with E-state index in [1.807, 2.05) is 44.2 Å². The maximum absolute atomic E-state index is 12.4. The second kappa shape index (κ2) is 8.91. The molecule has 0 spiro atoms. The molecule has 1 fully saturated rings. The van der Waals surface area contributed by atoms with Crippen molar-refractivity contribution >= 4 is 28.9 Å². The average molecular weight is 380 g/mol. The van der Waals surface area contributed by atoms with E-state index in [0.717, 1.165) is 30.0 Å². The summed E-state index contributed by atoms with van der Waals surface area (Å²) in [6.07, 6.45) is 2.73. The molecule has 0 bridgehead atoms. The van der Waals surface area contributed by atoms with Crippen LogP contribution in [0.4, 0.5) is 17.1 Å². The summed E-state index contributed by atoms with van der Waals surface area (Å²) >= 11 is 0. The standard InChI is InChI=1S/C23H29N3O2/c1-17-6-9-22(16-18(17)2)26(19(3)27)15-12-23(28)24-20-7-10-21(11-8-20)25-13-4-5-14-25/h6-11,16H,4-5,12-15H2,1-3H3,(H,24,28). The van der Waals surface area contributed by atoms with Crippen LogP contribution in [0.25, 0.3) is 0 Å². The third-order valence-electron chi connectivity index (χ3n) is 5.37. The van der Waals surface area contributed by atoms with Crippen molar-refractivity contribution < 1.29 is 9.59 Å². The van der Waals surface area contributed by atoms with Gasteiger partial charge in [0.25, 0.3) is 0 Å². The van der Waals surface area contributed by atoms with Gasteiger partial charge in [-0.1, -0.05) is 6.07 Å². The van der Waals surface area contributed by atoms with Crippen LogP contribution in [0.3, 0.4) is 0 Å². The molecule has 1 N–H and O–H groups in total. The van der Waals surface area contributed by atoms with Crippen LogP contribution in [-0.4, -0.2) is 31.4 Å². The molecule has 2 aromatic carbocycles.